The van der Waals surface area contributed by atoms with Crippen LogP contribution in [0.4, 0.5) is 10.1 Å². The predicted octanol–water partition coefficient (Wildman–Crippen LogP) is 4.17. The summed E-state index contributed by atoms with van der Waals surface area (Å²) in [7, 11) is 1.91. The van der Waals surface area contributed by atoms with Gasteiger partial charge in [0.05, 0.1) is 12.6 Å². The molecule has 2 aromatic rings. The van der Waals surface area contributed by atoms with Crippen molar-refractivity contribution in [1.82, 2.24) is 0 Å². The Bertz CT molecular complexity index is 603. The van der Waals surface area contributed by atoms with Crippen molar-refractivity contribution in [1.29, 1.82) is 0 Å². The second kappa shape index (κ2) is 6.25. The zero-order valence-electron chi connectivity index (χ0n) is 11.5. The number of rotatable bonds is 4. The fourth-order valence-corrected chi connectivity index (χ4v) is 2.42. The number of aliphatic hydroxyl groups is 1. The van der Waals surface area contributed by atoms with Gasteiger partial charge in [-0.3, -0.25) is 0 Å². The lowest BCUT2D eigenvalue weighted by atomic mass is 10.1. The molecule has 0 heterocycles. The Kier molecular flexibility index (Phi) is 4.63. The molecule has 0 radical (unpaired) electrons. The van der Waals surface area contributed by atoms with E-state index in [2.05, 4.69) is 0 Å². The Morgan fingerprint density at radius 3 is 2.65 bits per heavy atom. The Hall–Kier alpha value is -1.58. The summed E-state index contributed by atoms with van der Waals surface area (Å²) in [6.07, 6.45) is 0. The summed E-state index contributed by atoms with van der Waals surface area (Å²) in [6, 6.07) is 12.1. The van der Waals surface area contributed by atoms with Crippen LogP contribution in [0.3, 0.4) is 0 Å². The molecule has 0 aromatic heterocycles. The van der Waals surface area contributed by atoms with Crippen LogP contribution in [-0.2, 0) is 6.61 Å². The van der Waals surface area contributed by atoms with Crippen LogP contribution in [0, 0.1) is 5.82 Å². The molecule has 0 aliphatic heterocycles. The molecule has 2 nitrogen and oxygen atoms in total. The van der Waals surface area contributed by atoms with Crippen LogP contribution in [-0.4, -0.2) is 12.2 Å². The van der Waals surface area contributed by atoms with Gasteiger partial charge in [-0.15, -0.1) is 0 Å². The van der Waals surface area contributed by atoms with E-state index in [9.17, 15) is 9.50 Å². The number of hydrogen-bond acceptors (Lipinski definition) is 2. The lowest BCUT2D eigenvalue weighted by Gasteiger charge is -2.29. The fourth-order valence-electron chi connectivity index (χ4n) is 2.22. The second-order valence-corrected chi connectivity index (χ2v) is 5.21. The molecule has 0 bridgehead atoms. The zero-order valence-corrected chi connectivity index (χ0v) is 12.2. The number of anilines is 1. The van der Waals surface area contributed by atoms with Gasteiger partial charge in [-0.05, 0) is 42.8 Å². The molecule has 0 aliphatic carbocycles. The van der Waals surface area contributed by atoms with Gasteiger partial charge in [0.2, 0.25) is 0 Å². The molecule has 0 spiro atoms. The third-order valence-electron chi connectivity index (χ3n) is 3.50. The first-order valence-electron chi connectivity index (χ1n) is 6.40. The molecular formula is C16H17ClFNO. The predicted molar refractivity (Wildman–Crippen MR) is 80.6 cm³/mol. The maximum atomic E-state index is 13.2. The van der Waals surface area contributed by atoms with Crippen LogP contribution in [0.25, 0.3) is 0 Å². The van der Waals surface area contributed by atoms with Gasteiger partial charge in [0.25, 0.3) is 0 Å². The SMILES string of the molecule is CC(c1cccc(Cl)c1)N(C)c1ccc(F)cc1CO. The van der Waals surface area contributed by atoms with Gasteiger partial charge in [-0.25, -0.2) is 4.39 Å². The van der Waals surface area contributed by atoms with Crippen molar-refractivity contribution >= 4 is 17.3 Å². The highest BCUT2D eigenvalue weighted by atomic mass is 35.5. The molecule has 1 unspecified atom stereocenters. The van der Waals surface area contributed by atoms with Gasteiger partial charge >= 0.3 is 0 Å². The molecule has 0 aliphatic rings. The van der Waals surface area contributed by atoms with Crippen LogP contribution < -0.4 is 4.90 Å². The van der Waals surface area contributed by atoms with E-state index in [0.29, 0.717) is 10.6 Å². The first-order valence-corrected chi connectivity index (χ1v) is 6.78. The topological polar surface area (TPSA) is 23.5 Å². The van der Waals surface area contributed by atoms with Gasteiger partial charge in [0.1, 0.15) is 5.82 Å². The summed E-state index contributed by atoms with van der Waals surface area (Å²) in [5.74, 6) is -0.346. The van der Waals surface area contributed by atoms with Crippen molar-refractivity contribution in [3.8, 4) is 0 Å². The number of benzene rings is 2. The molecule has 20 heavy (non-hydrogen) atoms. The molecule has 106 valence electrons. The second-order valence-electron chi connectivity index (χ2n) is 4.77. The van der Waals surface area contributed by atoms with E-state index in [1.807, 2.05) is 43.1 Å². The van der Waals surface area contributed by atoms with E-state index in [4.69, 9.17) is 11.6 Å². The van der Waals surface area contributed by atoms with Crippen molar-refractivity contribution in [3.05, 3.63) is 64.4 Å². The first kappa shape index (κ1) is 14.8. The molecule has 2 aromatic carbocycles. The van der Waals surface area contributed by atoms with Gasteiger partial charge in [0, 0.05) is 23.3 Å². The van der Waals surface area contributed by atoms with E-state index in [1.54, 1.807) is 6.07 Å². The Labute approximate surface area is 123 Å². The van der Waals surface area contributed by atoms with Crippen LogP contribution in [0.15, 0.2) is 42.5 Å². The third kappa shape index (κ3) is 3.11. The lowest BCUT2D eigenvalue weighted by molar-refractivity contribution is 0.281. The van der Waals surface area contributed by atoms with E-state index in [1.165, 1.54) is 12.1 Å². The summed E-state index contributed by atoms with van der Waals surface area (Å²) in [4.78, 5) is 2.00. The van der Waals surface area contributed by atoms with Crippen LogP contribution in [0.1, 0.15) is 24.1 Å². The number of hydrogen-bond donors (Lipinski definition) is 1. The molecule has 4 heteroatoms. The highest BCUT2D eigenvalue weighted by Gasteiger charge is 2.15. The van der Waals surface area contributed by atoms with Gasteiger partial charge in [-0.2, -0.15) is 0 Å². The fraction of sp³-hybridized carbons (Fsp3) is 0.250. The number of nitrogens with zero attached hydrogens (tertiary/aromatic N) is 1. The minimum Gasteiger partial charge on any atom is -0.392 e. The highest BCUT2D eigenvalue weighted by molar-refractivity contribution is 6.30. The van der Waals surface area contributed by atoms with Crippen molar-refractivity contribution < 1.29 is 9.50 Å². The summed E-state index contributed by atoms with van der Waals surface area (Å²) < 4.78 is 13.2. The Morgan fingerprint density at radius 2 is 2.00 bits per heavy atom. The van der Waals surface area contributed by atoms with Crippen molar-refractivity contribution in [2.75, 3.05) is 11.9 Å². The summed E-state index contributed by atoms with van der Waals surface area (Å²) in [6.45, 7) is 1.84. The van der Waals surface area contributed by atoms with Crippen molar-refractivity contribution in [2.45, 2.75) is 19.6 Å². The lowest BCUT2D eigenvalue weighted by Crippen LogP contribution is -2.23. The largest absolute Gasteiger partial charge is 0.392 e. The zero-order chi connectivity index (χ0) is 14.7. The maximum absolute atomic E-state index is 13.2. The maximum Gasteiger partial charge on any atom is 0.123 e. The van der Waals surface area contributed by atoms with E-state index in [-0.39, 0.29) is 18.5 Å². The smallest absolute Gasteiger partial charge is 0.123 e. The molecule has 0 fully saturated rings. The standard InChI is InChI=1S/C16H17ClFNO/c1-11(12-4-3-5-14(17)8-12)19(2)16-7-6-15(18)9-13(16)10-20/h3-9,11,20H,10H2,1-2H3. The van der Waals surface area contributed by atoms with Crippen molar-refractivity contribution in [3.63, 3.8) is 0 Å². The van der Waals surface area contributed by atoms with Gasteiger partial charge in [0.15, 0.2) is 0 Å². The molecule has 2 rings (SSSR count). The quantitative estimate of drug-likeness (QED) is 0.914. The monoisotopic (exact) mass is 293 g/mol. The summed E-state index contributed by atoms with van der Waals surface area (Å²) in [5, 5.41) is 10.1. The molecule has 1 N–H and O–H groups in total. The molecular weight excluding hydrogens is 277 g/mol. The Balaban J connectivity index is 2.33. The van der Waals surface area contributed by atoms with E-state index in [0.717, 1.165) is 11.3 Å². The number of aliphatic hydroxyl groups excluding tert-OH is 1. The molecule has 1 atom stereocenters. The van der Waals surface area contributed by atoms with Crippen LogP contribution in [0.5, 0.6) is 0 Å². The number of halogens is 2. The average molecular weight is 294 g/mol. The molecule has 0 saturated carbocycles. The van der Waals surface area contributed by atoms with Crippen molar-refractivity contribution in [2.24, 2.45) is 0 Å². The summed E-state index contributed by atoms with van der Waals surface area (Å²) in [5.41, 5.74) is 2.44. The highest BCUT2D eigenvalue weighted by Crippen LogP contribution is 2.29. The first-order chi connectivity index (χ1) is 9.52. The van der Waals surface area contributed by atoms with E-state index >= 15 is 0 Å². The molecule has 0 amide bonds. The van der Waals surface area contributed by atoms with Crippen LogP contribution >= 0.6 is 11.6 Å². The minimum absolute atomic E-state index is 0.0597. The third-order valence-corrected chi connectivity index (χ3v) is 3.74. The Morgan fingerprint density at radius 1 is 1.25 bits per heavy atom. The van der Waals surface area contributed by atoms with E-state index < -0.39 is 0 Å². The normalized spacial score (nSPS) is 12.2. The van der Waals surface area contributed by atoms with Gasteiger partial charge in [-0.1, -0.05) is 23.7 Å². The summed E-state index contributed by atoms with van der Waals surface area (Å²) >= 11 is 6.01. The van der Waals surface area contributed by atoms with Gasteiger partial charge < -0.3 is 10.0 Å². The van der Waals surface area contributed by atoms with Crippen LogP contribution in [0.2, 0.25) is 5.02 Å². The average Bonchev–Trinajstić information content (AvgIpc) is 2.45. The molecule has 0 saturated heterocycles. The minimum atomic E-state index is -0.346.